The molecule has 3 atom stereocenters. The molecule has 4 nitrogen and oxygen atoms in total. The summed E-state index contributed by atoms with van der Waals surface area (Å²) in [7, 11) is 0. The van der Waals surface area contributed by atoms with Crippen molar-refractivity contribution in [2.24, 2.45) is 11.8 Å². The lowest BCUT2D eigenvalue weighted by molar-refractivity contribution is -0.137. The molecule has 0 unspecified atom stereocenters. The number of amides is 2. The third kappa shape index (κ3) is 2.97. The van der Waals surface area contributed by atoms with E-state index in [0.717, 1.165) is 25.9 Å². The Morgan fingerprint density at radius 2 is 1.67 bits per heavy atom. The SMILES string of the molecule is O=C1C[C@@H](c2ccccc2)CN1CC(=O)N1C[C@H]2CC=CC[C@H]2C1. The zero-order chi connectivity index (χ0) is 16.5. The summed E-state index contributed by atoms with van der Waals surface area (Å²) in [6.45, 7) is 2.63. The van der Waals surface area contributed by atoms with Crippen molar-refractivity contribution in [3.05, 3.63) is 48.0 Å². The molecule has 2 saturated heterocycles. The summed E-state index contributed by atoms with van der Waals surface area (Å²) in [6, 6.07) is 10.1. The molecule has 0 bridgehead atoms. The van der Waals surface area contributed by atoms with Crippen molar-refractivity contribution in [1.82, 2.24) is 9.80 Å². The summed E-state index contributed by atoms with van der Waals surface area (Å²) in [5.41, 5.74) is 1.19. The van der Waals surface area contributed by atoms with Gasteiger partial charge in [-0.05, 0) is 30.2 Å². The molecule has 1 aromatic rings. The van der Waals surface area contributed by atoms with Crippen LogP contribution in [0.4, 0.5) is 0 Å². The number of hydrogen-bond acceptors (Lipinski definition) is 2. The first-order valence-electron chi connectivity index (χ1n) is 8.96. The van der Waals surface area contributed by atoms with Gasteiger partial charge in [-0.25, -0.2) is 0 Å². The van der Waals surface area contributed by atoms with E-state index in [4.69, 9.17) is 0 Å². The van der Waals surface area contributed by atoms with Crippen molar-refractivity contribution in [2.45, 2.75) is 25.2 Å². The van der Waals surface area contributed by atoms with Crippen LogP contribution in [0.5, 0.6) is 0 Å². The molecular weight excluding hydrogens is 300 g/mol. The lowest BCUT2D eigenvalue weighted by Gasteiger charge is -2.21. The Morgan fingerprint density at radius 1 is 1.00 bits per heavy atom. The number of likely N-dealkylation sites (tertiary alicyclic amines) is 2. The molecule has 0 aromatic heterocycles. The van der Waals surface area contributed by atoms with Gasteiger partial charge in [0.15, 0.2) is 0 Å². The second-order valence-electron chi connectivity index (χ2n) is 7.35. The Hall–Kier alpha value is -2.10. The van der Waals surface area contributed by atoms with E-state index >= 15 is 0 Å². The summed E-state index contributed by atoms with van der Waals surface area (Å²) in [6.07, 6.45) is 7.18. The highest BCUT2D eigenvalue weighted by atomic mass is 16.2. The van der Waals surface area contributed by atoms with Crippen LogP contribution in [0.2, 0.25) is 0 Å². The molecule has 24 heavy (non-hydrogen) atoms. The number of carbonyl (C=O) groups is 2. The van der Waals surface area contributed by atoms with E-state index in [1.807, 2.05) is 23.1 Å². The minimum Gasteiger partial charge on any atom is -0.341 e. The third-order valence-electron chi connectivity index (χ3n) is 5.79. The van der Waals surface area contributed by atoms with E-state index in [-0.39, 0.29) is 24.3 Å². The molecule has 2 fully saturated rings. The molecule has 0 radical (unpaired) electrons. The number of nitrogens with zero attached hydrogens (tertiary/aromatic N) is 2. The highest BCUT2D eigenvalue weighted by Crippen LogP contribution is 2.33. The molecule has 1 aromatic carbocycles. The maximum Gasteiger partial charge on any atom is 0.242 e. The van der Waals surface area contributed by atoms with Crippen LogP contribution in [0.1, 0.15) is 30.7 Å². The molecular formula is C20H24N2O2. The molecule has 4 heteroatoms. The van der Waals surface area contributed by atoms with Gasteiger partial charge in [0.25, 0.3) is 0 Å². The fourth-order valence-corrected chi connectivity index (χ4v) is 4.36. The molecule has 2 aliphatic heterocycles. The summed E-state index contributed by atoms with van der Waals surface area (Å²) in [5.74, 6) is 1.68. The summed E-state index contributed by atoms with van der Waals surface area (Å²) in [5, 5.41) is 0. The van der Waals surface area contributed by atoms with Crippen LogP contribution < -0.4 is 0 Å². The van der Waals surface area contributed by atoms with Crippen LogP contribution in [-0.2, 0) is 9.59 Å². The Kier molecular flexibility index (Phi) is 4.13. The van der Waals surface area contributed by atoms with Crippen LogP contribution in [-0.4, -0.2) is 47.8 Å². The Bertz CT molecular complexity index is 639. The van der Waals surface area contributed by atoms with Crippen molar-refractivity contribution in [3.63, 3.8) is 0 Å². The Morgan fingerprint density at radius 3 is 2.33 bits per heavy atom. The Labute approximate surface area is 143 Å². The fourth-order valence-electron chi connectivity index (χ4n) is 4.36. The molecule has 1 aliphatic carbocycles. The summed E-state index contributed by atoms with van der Waals surface area (Å²) < 4.78 is 0. The zero-order valence-corrected chi connectivity index (χ0v) is 13.9. The quantitative estimate of drug-likeness (QED) is 0.801. The minimum absolute atomic E-state index is 0.107. The van der Waals surface area contributed by atoms with E-state index in [9.17, 15) is 9.59 Å². The van der Waals surface area contributed by atoms with Crippen LogP contribution >= 0.6 is 0 Å². The van der Waals surface area contributed by atoms with Gasteiger partial charge in [-0.15, -0.1) is 0 Å². The highest BCUT2D eigenvalue weighted by Gasteiger charge is 2.37. The van der Waals surface area contributed by atoms with Gasteiger partial charge in [0.2, 0.25) is 11.8 Å². The van der Waals surface area contributed by atoms with Crippen LogP contribution in [0, 0.1) is 11.8 Å². The number of fused-ring (bicyclic) bond motifs is 1. The van der Waals surface area contributed by atoms with Gasteiger partial charge in [-0.3, -0.25) is 9.59 Å². The smallest absolute Gasteiger partial charge is 0.242 e. The lowest BCUT2D eigenvalue weighted by Crippen LogP contribution is -2.40. The minimum atomic E-state index is 0.107. The number of carbonyl (C=O) groups excluding carboxylic acids is 2. The highest BCUT2D eigenvalue weighted by molar-refractivity contribution is 5.86. The molecule has 2 amide bonds. The van der Waals surface area contributed by atoms with E-state index in [1.165, 1.54) is 5.56 Å². The normalized spacial score (nSPS) is 29.2. The molecule has 0 spiro atoms. The average Bonchev–Trinajstić information content (AvgIpc) is 3.20. The maximum absolute atomic E-state index is 12.6. The number of rotatable bonds is 3. The summed E-state index contributed by atoms with van der Waals surface area (Å²) >= 11 is 0. The van der Waals surface area contributed by atoms with Crippen LogP contribution in [0.15, 0.2) is 42.5 Å². The molecule has 0 N–H and O–H groups in total. The van der Waals surface area contributed by atoms with E-state index in [2.05, 4.69) is 24.3 Å². The first-order chi connectivity index (χ1) is 11.7. The standard InChI is InChI=1S/C20H24N2O2/c23-19-10-18(15-6-2-1-3-7-15)13-22(19)14-20(24)21-11-16-8-4-5-9-17(16)12-21/h1-7,16-18H,8-14H2/t16-,17+,18-/m1/s1. The van der Waals surface area contributed by atoms with Crippen molar-refractivity contribution < 1.29 is 9.59 Å². The number of allylic oxidation sites excluding steroid dienone is 2. The topological polar surface area (TPSA) is 40.6 Å². The van der Waals surface area contributed by atoms with Gasteiger partial charge in [0.05, 0.1) is 6.54 Å². The van der Waals surface area contributed by atoms with Gasteiger partial charge in [-0.2, -0.15) is 0 Å². The molecule has 3 aliphatic rings. The van der Waals surface area contributed by atoms with Gasteiger partial charge < -0.3 is 9.80 Å². The van der Waals surface area contributed by atoms with E-state index in [0.29, 0.717) is 24.8 Å². The van der Waals surface area contributed by atoms with Crippen molar-refractivity contribution in [2.75, 3.05) is 26.2 Å². The van der Waals surface area contributed by atoms with Gasteiger partial charge in [0.1, 0.15) is 0 Å². The zero-order valence-electron chi connectivity index (χ0n) is 13.9. The van der Waals surface area contributed by atoms with Gasteiger partial charge in [-0.1, -0.05) is 42.5 Å². The lowest BCUT2D eigenvalue weighted by atomic mass is 9.86. The van der Waals surface area contributed by atoms with Crippen LogP contribution in [0.25, 0.3) is 0 Å². The van der Waals surface area contributed by atoms with Crippen LogP contribution in [0.3, 0.4) is 0 Å². The fraction of sp³-hybridized carbons (Fsp3) is 0.500. The molecule has 4 rings (SSSR count). The first-order valence-corrected chi connectivity index (χ1v) is 8.96. The predicted molar refractivity (Wildman–Crippen MR) is 92.3 cm³/mol. The van der Waals surface area contributed by atoms with Gasteiger partial charge in [0, 0.05) is 32.0 Å². The summed E-state index contributed by atoms with van der Waals surface area (Å²) in [4.78, 5) is 28.7. The number of hydrogen-bond donors (Lipinski definition) is 0. The van der Waals surface area contributed by atoms with Crippen molar-refractivity contribution in [1.29, 1.82) is 0 Å². The molecule has 0 saturated carbocycles. The Balaban J connectivity index is 1.35. The van der Waals surface area contributed by atoms with E-state index in [1.54, 1.807) is 4.90 Å². The van der Waals surface area contributed by atoms with Crippen molar-refractivity contribution in [3.8, 4) is 0 Å². The van der Waals surface area contributed by atoms with Gasteiger partial charge >= 0.3 is 0 Å². The molecule has 2 heterocycles. The molecule has 126 valence electrons. The van der Waals surface area contributed by atoms with Crippen molar-refractivity contribution >= 4 is 11.8 Å². The number of benzene rings is 1. The maximum atomic E-state index is 12.6. The van der Waals surface area contributed by atoms with E-state index < -0.39 is 0 Å². The average molecular weight is 324 g/mol. The first kappa shape index (κ1) is 15.4. The monoisotopic (exact) mass is 324 g/mol. The third-order valence-corrected chi connectivity index (χ3v) is 5.79. The predicted octanol–water partition coefficient (Wildman–Crippen LogP) is 2.43. The second-order valence-corrected chi connectivity index (χ2v) is 7.35. The largest absolute Gasteiger partial charge is 0.341 e. The second kappa shape index (κ2) is 6.42.